The number of rotatable bonds is 5. The smallest absolute Gasteiger partial charge is 0.241 e. The van der Waals surface area contributed by atoms with Crippen molar-refractivity contribution in [2.75, 3.05) is 18.4 Å². The molecule has 7 nitrogen and oxygen atoms in total. The predicted molar refractivity (Wildman–Crippen MR) is 108 cm³/mol. The summed E-state index contributed by atoms with van der Waals surface area (Å²) in [5, 5.41) is 7.01. The van der Waals surface area contributed by atoms with Crippen molar-refractivity contribution in [3.63, 3.8) is 0 Å². The van der Waals surface area contributed by atoms with Crippen LogP contribution in [0, 0.1) is 5.92 Å². The first-order valence-corrected chi connectivity index (χ1v) is 9.98. The number of aromatic nitrogens is 3. The average molecular weight is 442 g/mol. The Morgan fingerprint density at radius 1 is 1.21 bits per heavy atom. The number of amides is 1. The first-order valence-electron chi connectivity index (χ1n) is 9.19. The lowest BCUT2D eigenvalue weighted by Crippen LogP contribution is -2.37. The standard InChI is InChI=1S/C20H20BrN5O2/c21-16-5-3-14(4-6-16)19-24-18(28-25-19)13-26-10-7-15(8-11-26)20(27)23-17-2-1-9-22-12-17/h1-6,9,12,15H,7-8,10-11,13H2,(H,23,27). The second-order valence-corrected chi connectivity index (χ2v) is 7.72. The summed E-state index contributed by atoms with van der Waals surface area (Å²) >= 11 is 3.42. The van der Waals surface area contributed by atoms with Crippen LogP contribution in [-0.4, -0.2) is 39.0 Å². The Kier molecular flexibility index (Phi) is 5.78. The van der Waals surface area contributed by atoms with Crippen LogP contribution in [0.2, 0.25) is 0 Å². The Morgan fingerprint density at radius 3 is 2.71 bits per heavy atom. The molecule has 1 aliphatic rings. The maximum atomic E-state index is 12.4. The fourth-order valence-electron chi connectivity index (χ4n) is 3.26. The molecule has 1 aromatic carbocycles. The topological polar surface area (TPSA) is 84.2 Å². The summed E-state index contributed by atoms with van der Waals surface area (Å²) in [4.78, 5) is 23.2. The second kappa shape index (κ2) is 8.62. The second-order valence-electron chi connectivity index (χ2n) is 6.80. The summed E-state index contributed by atoms with van der Waals surface area (Å²) < 4.78 is 6.41. The van der Waals surface area contributed by atoms with Crippen LogP contribution in [0.5, 0.6) is 0 Å². The molecule has 3 aromatic rings. The van der Waals surface area contributed by atoms with E-state index in [0.29, 0.717) is 18.3 Å². The molecule has 0 spiro atoms. The lowest BCUT2D eigenvalue weighted by Gasteiger charge is -2.30. The third kappa shape index (κ3) is 4.63. The zero-order valence-corrected chi connectivity index (χ0v) is 16.8. The molecule has 1 amide bonds. The van der Waals surface area contributed by atoms with Crippen LogP contribution < -0.4 is 5.32 Å². The lowest BCUT2D eigenvalue weighted by atomic mass is 9.96. The van der Waals surface area contributed by atoms with Crippen LogP contribution in [0.25, 0.3) is 11.4 Å². The van der Waals surface area contributed by atoms with Crippen molar-refractivity contribution in [2.24, 2.45) is 5.92 Å². The van der Waals surface area contributed by atoms with E-state index < -0.39 is 0 Å². The highest BCUT2D eigenvalue weighted by atomic mass is 79.9. The Hall–Kier alpha value is -2.58. The molecule has 1 N–H and O–H groups in total. The lowest BCUT2D eigenvalue weighted by molar-refractivity contribution is -0.121. The first-order chi connectivity index (χ1) is 13.7. The molecule has 1 fully saturated rings. The Morgan fingerprint density at radius 2 is 2.00 bits per heavy atom. The van der Waals surface area contributed by atoms with Gasteiger partial charge in [-0.3, -0.25) is 14.7 Å². The highest BCUT2D eigenvalue weighted by Gasteiger charge is 2.26. The van der Waals surface area contributed by atoms with Gasteiger partial charge in [-0.25, -0.2) is 0 Å². The number of likely N-dealkylation sites (tertiary alicyclic amines) is 1. The maximum Gasteiger partial charge on any atom is 0.241 e. The van der Waals surface area contributed by atoms with Crippen molar-refractivity contribution in [3.8, 4) is 11.4 Å². The van der Waals surface area contributed by atoms with Gasteiger partial charge in [-0.05, 0) is 62.3 Å². The quantitative estimate of drug-likeness (QED) is 0.648. The molecule has 0 bridgehead atoms. The minimum atomic E-state index is 0.0115. The molecule has 1 aliphatic heterocycles. The number of carbonyl (C=O) groups is 1. The van der Waals surface area contributed by atoms with Gasteiger partial charge in [0, 0.05) is 22.2 Å². The Bertz CT molecular complexity index is 921. The first kappa shape index (κ1) is 18.8. The van der Waals surface area contributed by atoms with Crippen LogP contribution >= 0.6 is 15.9 Å². The SMILES string of the molecule is O=C(Nc1cccnc1)C1CCN(Cc2nc(-c3ccc(Br)cc3)no2)CC1. The van der Waals surface area contributed by atoms with Gasteiger partial charge in [-0.1, -0.05) is 21.1 Å². The minimum absolute atomic E-state index is 0.0115. The van der Waals surface area contributed by atoms with Gasteiger partial charge in [0.05, 0.1) is 18.4 Å². The molecule has 144 valence electrons. The summed E-state index contributed by atoms with van der Waals surface area (Å²) in [6, 6.07) is 11.5. The fourth-order valence-corrected chi connectivity index (χ4v) is 3.53. The van der Waals surface area contributed by atoms with Gasteiger partial charge in [-0.2, -0.15) is 4.98 Å². The van der Waals surface area contributed by atoms with Crippen LogP contribution in [0.3, 0.4) is 0 Å². The molecule has 2 aromatic heterocycles. The van der Waals surface area contributed by atoms with E-state index in [2.05, 4.69) is 41.3 Å². The number of hydrogen-bond acceptors (Lipinski definition) is 6. The van der Waals surface area contributed by atoms with Gasteiger partial charge in [0.2, 0.25) is 17.6 Å². The van der Waals surface area contributed by atoms with E-state index in [1.807, 2.05) is 36.4 Å². The molecule has 28 heavy (non-hydrogen) atoms. The summed E-state index contributed by atoms with van der Waals surface area (Å²) in [5.74, 6) is 1.25. The van der Waals surface area contributed by atoms with Crippen molar-refractivity contribution in [2.45, 2.75) is 19.4 Å². The Balaban J connectivity index is 1.29. The zero-order chi connectivity index (χ0) is 19.3. The molecular weight excluding hydrogens is 422 g/mol. The number of nitrogens with one attached hydrogen (secondary N) is 1. The summed E-state index contributed by atoms with van der Waals surface area (Å²) in [7, 11) is 0. The third-order valence-electron chi connectivity index (χ3n) is 4.82. The summed E-state index contributed by atoms with van der Waals surface area (Å²) in [6.45, 7) is 2.24. The van der Waals surface area contributed by atoms with Gasteiger partial charge in [-0.15, -0.1) is 0 Å². The number of hydrogen-bond donors (Lipinski definition) is 1. The number of halogens is 1. The normalized spacial score (nSPS) is 15.5. The van der Waals surface area contributed by atoms with Crippen molar-refractivity contribution >= 4 is 27.5 Å². The van der Waals surface area contributed by atoms with Crippen LogP contribution in [0.15, 0.2) is 57.8 Å². The molecule has 0 unspecified atom stereocenters. The molecular formula is C20H20BrN5O2. The van der Waals surface area contributed by atoms with Crippen molar-refractivity contribution in [3.05, 3.63) is 59.2 Å². The number of carbonyl (C=O) groups excluding carboxylic acids is 1. The van der Waals surface area contributed by atoms with Crippen molar-refractivity contribution in [1.29, 1.82) is 0 Å². The molecule has 0 aliphatic carbocycles. The monoisotopic (exact) mass is 441 g/mol. The van der Waals surface area contributed by atoms with Gasteiger partial charge < -0.3 is 9.84 Å². The van der Waals surface area contributed by atoms with E-state index in [1.54, 1.807) is 12.4 Å². The Labute approximate surface area is 171 Å². The molecule has 0 atom stereocenters. The van der Waals surface area contributed by atoms with Gasteiger partial charge in [0.25, 0.3) is 0 Å². The maximum absolute atomic E-state index is 12.4. The molecule has 0 radical (unpaired) electrons. The van der Waals surface area contributed by atoms with Crippen LogP contribution in [0.4, 0.5) is 5.69 Å². The largest absolute Gasteiger partial charge is 0.338 e. The van der Waals surface area contributed by atoms with Gasteiger partial charge >= 0.3 is 0 Å². The van der Waals surface area contributed by atoms with Crippen molar-refractivity contribution in [1.82, 2.24) is 20.0 Å². The summed E-state index contributed by atoms with van der Waals surface area (Å²) in [6.07, 6.45) is 4.96. The number of nitrogens with zero attached hydrogens (tertiary/aromatic N) is 4. The fraction of sp³-hybridized carbons (Fsp3) is 0.300. The minimum Gasteiger partial charge on any atom is -0.338 e. The van der Waals surface area contributed by atoms with Crippen LogP contribution in [0.1, 0.15) is 18.7 Å². The molecule has 1 saturated heterocycles. The molecule has 8 heteroatoms. The van der Waals surface area contributed by atoms with E-state index in [0.717, 1.165) is 41.7 Å². The van der Waals surface area contributed by atoms with E-state index >= 15 is 0 Å². The van der Waals surface area contributed by atoms with E-state index in [1.165, 1.54) is 0 Å². The zero-order valence-electron chi connectivity index (χ0n) is 15.2. The highest BCUT2D eigenvalue weighted by molar-refractivity contribution is 9.10. The molecule has 0 saturated carbocycles. The number of anilines is 1. The van der Waals surface area contributed by atoms with Gasteiger partial charge in [0.15, 0.2) is 0 Å². The van der Waals surface area contributed by atoms with E-state index in [9.17, 15) is 4.79 Å². The molecule has 4 rings (SSSR count). The predicted octanol–water partition coefficient (Wildman–Crippen LogP) is 3.74. The molecule has 3 heterocycles. The number of benzene rings is 1. The van der Waals surface area contributed by atoms with E-state index in [4.69, 9.17) is 4.52 Å². The van der Waals surface area contributed by atoms with E-state index in [-0.39, 0.29) is 11.8 Å². The van der Waals surface area contributed by atoms with Gasteiger partial charge in [0.1, 0.15) is 0 Å². The highest BCUT2D eigenvalue weighted by Crippen LogP contribution is 2.22. The third-order valence-corrected chi connectivity index (χ3v) is 5.35. The van der Waals surface area contributed by atoms with Crippen molar-refractivity contribution < 1.29 is 9.32 Å². The number of pyridine rings is 1. The van der Waals surface area contributed by atoms with Crippen LogP contribution in [-0.2, 0) is 11.3 Å². The number of piperidine rings is 1. The summed E-state index contributed by atoms with van der Waals surface area (Å²) in [5.41, 5.74) is 1.66. The average Bonchev–Trinajstić information content (AvgIpc) is 3.18.